The van der Waals surface area contributed by atoms with Crippen LogP contribution in [0.25, 0.3) is 0 Å². The summed E-state index contributed by atoms with van der Waals surface area (Å²) in [6.07, 6.45) is 11.2. The van der Waals surface area contributed by atoms with E-state index >= 15 is 0 Å². The number of pyridine rings is 1. The molecule has 18 heavy (non-hydrogen) atoms. The van der Waals surface area contributed by atoms with E-state index in [4.69, 9.17) is 5.84 Å². The molecule has 1 unspecified atom stereocenters. The first kappa shape index (κ1) is 14.0. The van der Waals surface area contributed by atoms with Crippen LogP contribution in [0, 0.1) is 5.41 Å². The van der Waals surface area contributed by atoms with Crippen molar-refractivity contribution in [2.24, 2.45) is 11.3 Å². The number of hydrazine groups is 1. The van der Waals surface area contributed by atoms with E-state index in [9.17, 15) is 0 Å². The van der Waals surface area contributed by atoms with Crippen LogP contribution in [0.2, 0.25) is 0 Å². The monoisotopic (exact) mass is 311 g/mol. The number of nitrogens with zero attached hydrogens (tertiary/aromatic N) is 1. The Bertz CT molecular complexity index is 388. The average Bonchev–Trinajstić information content (AvgIpc) is 2.37. The lowest BCUT2D eigenvalue weighted by Gasteiger charge is -2.40. The highest BCUT2D eigenvalue weighted by atomic mass is 79.9. The number of hydrogen-bond acceptors (Lipinski definition) is 3. The molecule has 1 saturated carbocycles. The number of nitrogens with two attached hydrogens (primary N) is 1. The van der Waals surface area contributed by atoms with E-state index in [1.54, 1.807) is 0 Å². The van der Waals surface area contributed by atoms with Crippen LogP contribution in [0.3, 0.4) is 0 Å². The van der Waals surface area contributed by atoms with Gasteiger partial charge in [0.25, 0.3) is 0 Å². The minimum Gasteiger partial charge on any atom is -0.271 e. The maximum atomic E-state index is 5.79. The largest absolute Gasteiger partial charge is 0.271 e. The van der Waals surface area contributed by atoms with Gasteiger partial charge in [-0.05, 0) is 52.2 Å². The van der Waals surface area contributed by atoms with Gasteiger partial charge < -0.3 is 0 Å². The number of rotatable bonds is 4. The van der Waals surface area contributed by atoms with Crippen molar-refractivity contribution < 1.29 is 0 Å². The third-order valence-electron chi connectivity index (χ3n) is 4.24. The lowest BCUT2D eigenvalue weighted by molar-refractivity contribution is 0.144. The molecule has 1 aliphatic carbocycles. The van der Waals surface area contributed by atoms with Crippen molar-refractivity contribution in [3.63, 3.8) is 0 Å². The summed E-state index contributed by atoms with van der Waals surface area (Å²) in [5, 5.41) is 0. The first-order valence-corrected chi connectivity index (χ1v) is 7.49. The topological polar surface area (TPSA) is 50.9 Å². The maximum absolute atomic E-state index is 5.79. The smallest absolute Gasteiger partial charge is 0.0410 e. The highest BCUT2D eigenvalue weighted by molar-refractivity contribution is 9.10. The minimum atomic E-state index is 0.315. The molecule has 1 aliphatic rings. The van der Waals surface area contributed by atoms with Crippen LogP contribution in [0.4, 0.5) is 0 Å². The Labute approximate surface area is 118 Å². The molecule has 1 atom stereocenters. The molecular weight excluding hydrogens is 290 g/mol. The summed E-state index contributed by atoms with van der Waals surface area (Å²) in [5.74, 6) is 5.79. The summed E-state index contributed by atoms with van der Waals surface area (Å²) < 4.78 is 1.03. The molecule has 3 nitrogen and oxygen atoms in total. The molecule has 0 radical (unpaired) electrons. The van der Waals surface area contributed by atoms with Crippen LogP contribution < -0.4 is 11.3 Å². The van der Waals surface area contributed by atoms with Crippen LogP contribution in [0.1, 0.15) is 44.6 Å². The second-order valence-electron chi connectivity index (χ2n) is 5.65. The number of halogens is 1. The number of nitrogens with one attached hydrogen (secondary N) is 1. The fourth-order valence-corrected chi connectivity index (χ4v) is 3.43. The molecule has 0 aromatic carbocycles. The van der Waals surface area contributed by atoms with Crippen molar-refractivity contribution >= 4 is 15.9 Å². The van der Waals surface area contributed by atoms with E-state index in [2.05, 4.69) is 39.3 Å². The van der Waals surface area contributed by atoms with Crippen molar-refractivity contribution in [2.45, 2.75) is 51.5 Å². The average molecular weight is 312 g/mol. The van der Waals surface area contributed by atoms with Crippen LogP contribution in [0.15, 0.2) is 22.9 Å². The van der Waals surface area contributed by atoms with Gasteiger partial charge in [-0.3, -0.25) is 16.3 Å². The molecule has 100 valence electrons. The van der Waals surface area contributed by atoms with Gasteiger partial charge in [0, 0.05) is 22.9 Å². The molecular formula is C14H22BrN3. The van der Waals surface area contributed by atoms with Gasteiger partial charge in [-0.15, -0.1) is 0 Å². The van der Waals surface area contributed by atoms with Crippen molar-refractivity contribution in [1.29, 1.82) is 0 Å². The van der Waals surface area contributed by atoms with Crippen LogP contribution in [-0.4, -0.2) is 11.0 Å². The molecule has 0 saturated heterocycles. The Morgan fingerprint density at radius 2 is 2.11 bits per heavy atom. The molecule has 2 rings (SSSR count). The Hall–Kier alpha value is -0.450. The minimum absolute atomic E-state index is 0.315. The molecule has 0 spiro atoms. The molecule has 1 heterocycles. The molecule has 0 aliphatic heterocycles. The van der Waals surface area contributed by atoms with Gasteiger partial charge in [-0.1, -0.05) is 26.2 Å². The van der Waals surface area contributed by atoms with E-state index < -0.39 is 0 Å². The Morgan fingerprint density at radius 3 is 2.72 bits per heavy atom. The van der Waals surface area contributed by atoms with Gasteiger partial charge in [0.05, 0.1) is 0 Å². The lowest BCUT2D eigenvalue weighted by Crippen LogP contribution is -2.49. The van der Waals surface area contributed by atoms with Gasteiger partial charge in [-0.25, -0.2) is 0 Å². The lowest BCUT2D eigenvalue weighted by atomic mass is 9.69. The quantitative estimate of drug-likeness (QED) is 0.663. The van der Waals surface area contributed by atoms with E-state index in [1.165, 1.54) is 37.7 Å². The first-order chi connectivity index (χ1) is 8.64. The SMILES string of the molecule is CC1(C(Cc2cncc(Br)c2)NN)CCCCC1. The zero-order chi connectivity index (χ0) is 13.0. The molecule has 4 heteroatoms. The van der Waals surface area contributed by atoms with Crippen molar-refractivity contribution in [2.75, 3.05) is 0 Å². The molecule has 3 N–H and O–H groups in total. The predicted molar refractivity (Wildman–Crippen MR) is 77.9 cm³/mol. The number of aromatic nitrogens is 1. The number of hydrogen-bond donors (Lipinski definition) is 2. The molecule has 1 aromatic heterocycles. The molecule has 0 amide bonds. The van der Waals surface area contributed by atoms with Gasteiger partial charge in [0.15, 0.2) is 0 Å². The normalized spacial score (nSPS) is 20.6. The Morgan fingerprint density at radius 1 is 1.39 bits per heavy atom. The standard InChI is InChI=1S/C14H22BrN3/c1-14(5-3-2-4-6-14)13(18-16)8-11-7-12(15)10-17-9-11/h7,9-10,13,18H,2-6,8,16H2,1H3. The summed E-state index contributed by atoms with van der Waals surface area (Å²) in [7, 11) is 0. The van der Waals surface area contributed by atoms with E-state index in [0.29, 0.717) is 11.5 Å². The maximum Gasteiger partial charge on any atom is 0.0410 e. The van der Waals surface area contributed by atoms with E-state index in [0.717, 1.165) is 10.9 Å². The summed E-state index contributed by atoms with van der Waals surface area (Å²) in [4.78, 5) is 4.22. The Kier molecular flexibility index (Phi) is 4.76. The second kappa shape index (κ2) is 6.13. The predicted octanol–water partition coefficient (Wildman–Crippen LogP) is 3.19. The highest BCUT2D eigenvalue weighted by Gasteiger charge is 2.34. The summed E-state index contributed by atoms with van der Waals surface area (Å²) in [5.41, 5.74) is 4.59. The third kappa shape index (κ3) is 3.31. The fraction of sp³-hybridized carbons (Fsp3) is 0.643. The molecule has 0 bridgehead atoms. The highest BCUT2D eigenvalue weighted by Crippen LogP contribution is 2.39. The van der Waals surface area contributed by atoms with E-state index in [1.807, 2.05) is 12.4 Å². The fourth-order valence-electron chi connectivity index (χ4n) is 3.02. The first-order valence-electron chi connectivity index (χ1n) is 6.70. The van der Waals surface area contributed by atoms with Gasteiger partial charge in [0.2, 0.25) is 0 Å². The summed E-state index contributed by atoms with van der Waals surface area (Å²) in [6, 6.07) is 2.46. The van der Waals surface area contributed by atoms with Crippen LogP contribution in [-0.2, 0) is 6.42 Å². The van der Waals surface area contributed by atoms with Crippen molar-refractivity contribution in [1.82, 2.24) is 10.4 Å². The van der Waals surface area contributed by atoms with Gasteiger partial charge in [0.1, 0.15) is 0 Å². The summed E-state index contributed by atoms with van der Waals surface area (Å²) >= 11 is 3.47. The molecule has 1 aromatic rings. The van der Waals surface area contributed by atoms with Gasteiger partial charge >= 0.3 is 0 Å². The Balaban J connectivity index is 2.09. The summed E-state index contributed by atoms with van der Waals surface area (Å²) in [6.45, 7) is 2.36. The van der Waals surface area contributed by atoms with Gasteiger partial charge in [-0.2, -0.15) is 0 Å². The van der Waals surface area contributed by atoms with Crippen LogP contribution in [0.5, 0.6) is 0 Å². The van der Waals surface area contributed by atoms with Crippen LogP contribution >= 0.6 is 15.9 Å². The van der Waals surface area contributed by atoms with Crippen molar-refractivity contribution in [3.8, 4) is 0 Å². The van der Waals surface area contributed by atoms with Crippen molar-refractivity contribution in [3.05, 3.63) is 28.5 Å². The molecule has 1 fully saturated rings. The second-order valence-corrected chi connectivity index (χ2v) is 6.57. The zero-order valence-electron chi connectivity index (χ0n) is 11.0. The van der Waals surface area contributed by atoms with E-state index in [-0.39, 0.29) is 0 Å². The third-order valence-corrected chi connectivity index (χ3v) is 4.67. The zero-order valence-corrected chi connectivity index (χ0v) is 12.5.